The molecule has 2 aromatic rings. The molecule has 9 heteroatoms. The van der Waals surface area contributed by atoms with Gasteiger partial charge in [-0.2, -0.15) is 0 Å². The van der Waals surface area contributed by atoms with Crippen LogP contribution in [0.15, 0.2) is 48.5 Å². The van der Waals surface area contributed by atoms with Crippen molar-refractivity contribution in [2.75, 3.05) is 20.2 Å². The zero-order valence-electron chi connectivity index (χ0n) is 19.5. The second-order valence-corrected chi connectivity index (χ2v) is 8.33. The lowest BCUT2D eigenvalue weighted by atomic mass is 10.0. The summed E-state index contributed by atoms with van der Waals surface area (Å²) in [6.07, 6.45) is -1.92. The van der Waals surface area contributed by atoms with Gasteiger partial charge in [0.2, 0.25) is 0 Å². The number of aliphatic carboxylic acids is 1. The van der Waals surface area contributed by atoms with Crippen LogP contribution in [0.25, 0.3) is 0 Å². The number of rotatable bonds is 6. The Kier molecular flexibility index (Phi) is 7.88. The van der Waals surface area contributed by atoms with E-state index in [9.17, 15) is 24.3 Å². The summed E-state index contributed by atoms with van der Waals surface area (Å²) in [5.74, 6) is -2.14. The molecule has 0 bridgehead atoms. The van der Waals surface area contributed by atoms with Crippen molar-refractivity contribution in [2.24, 2.45) is 0 Å². The summed E-state index contributed by atoms with van der Waals surface area (Å²) in [7, 11) is 1.21. The number of ether oxygens (including phenoxy) is 1. The van der Waals surface area contributed by atoms with Crippen molar-refractivity contribution >= 4 is 23.9 Å². The van der Waals surface area contributed by atoms with Crippen molar-refractivity contribution < 1.29 is 29.0 Å². The first-order valence-electron chi connectivity index (χ1n) is 11.0. The molecule has 0 radical (unpaired) electrons. The van der Waals surface area contributed by atoms with E-state index < -0.39 is 36.1 Å². The molecular weight excluding hydrogens is 438 g/mol. The van der Waals surface area contributed by atoms with E-state index in [1.165, 1.54) is 16.9 Å². The quantitative estimate of drug-likeness (QED) is 0.675. The molecule has 1 heterocycles. The number of nitrogens with zero attached hydrogens (tertiary/aromatic N) is 2. The Labute approximate surface area is 198 Å². The van der Waals surface area contributed by atoms with Crippen molar-refractivity contribution in [3.8, 4) is 0 Å². The summed E-state index contributed by atoms with van der Waals surface area (Å²) in [6.45, 7) is 4.20. The number of carbonyl (C=O) groups excluding carboxylic acids is 3. The normalized spacial score (nSPS) is 16.5. The zero-order valence-corrected chi connectivity index (χ0v) is 19.5. The molecule has 34 heavy (non-hydrogen) atoms. The molecule has 3 rings (SSSR count). The molecule has 2 atom stereocenters. The fourth-order valence-electron chi connectivity index (χ4n) is 4.13. The third kappa shape index (κ3) is 5.72. The predicted molar refractivity (Wildman–Crippen MR) is 124 cm³/mol. The maximum Gasteiger partial charge on any atom is 0.411 e. The highest BCUT2D eigenvalue weighted by molar-refractivity contribution is 5.98. The highest BCUT2D eigenvalue weighted by Gasteiger charge is 2.42. The number of methoxy groups -OCH3 is 1. The smallest absolute Gasteiger partial charge is 0.411 e. The summed E-state index contributed by atoms with van der Waals surface area (Å²) in [5.41, 5.74) is 2.81. The van der Waals surface area contributed by atoms with Gasteiger partial charge in [-0.25, -0.2) is 4.79 Å². The average Bonchev–Trinajstić information content (AvgIpc) is 2.81. The van der Waals surface area contributed by atoms with Crippen molar-refractivity contribution in [3.63, 3.8) is 0 Å². The van der Waals surface area contributed by atoms with Gasteiger partial charge in [-0.15, -0.1) is 0 Å². The van der Waals surface area contributed by atoms with E-state index in [0.29, 0.717) is 17.5 Å². The maximum atomic E-state index is 13.5. The minimum Gasteiger partial charge on any atom is -0.481 e. The van der Waals surface area contributed by atoms with Crippen LogP contribution in [0.2, 0.25) is 0 Å². The molecule has 1 aliphatic heterocycles. The van der Waals surface area contributed by atoms with Crippen molar-refractivity contribution in [2.45, 2.75) is 38.9 Å². The van der Waals surface area contributed by atoms with Gasteiger partial charge in [-0.1, -0.05) is 47.5 Å². The monoisotopic (exact) mass is 467 g/mol. The number of carbonyl (C=O) groups is 4. The lowest BCUT2D eigenvalue weighted by Gasteiger charge is -2.42. The molecule has 9 nitrogen and oxygen atoms in total. The fraction of sp³-hybridized carbons (Fsp3) is 0.360. The van der Waals surface area contributed by atoms with Crippen molar-refractivity contribution in [1.82, 2.24) is 15.1 Å². The molecule has 3 amide bonds. The van der Waals surface area contributed by atoms with Crippen LogP contribution >= 0.6 is 0 Å². The Balaban J connectivity index is 1.96. The first kappa shape index (κ1) is 24.8. The maximum absolute atomic E-state index is 13.5. The van der Waals surface area contributed by atoms with E-state index in [1.54, 1.807) is 36.4 Å². The summed E-state index contributed by atoms with van der Waals surface area (Å²) in [4.78, 5) is 53.5. The number of carboxylic acid groups (broad SMARTS) is 1. The molecule has 0 spiro atoms. The Bertz CT molecular complexity index is 1090. The van der Waals surface area contributed by atoms with Crippen LogP contribution in [0.4, 0.5) is 4.79 Å². The van der Waals surface area contributed by atoms with Crippen LogP contribution < -0.4 is 5.32 Å². The van der Waals surface area contributed by atoms with Crippen molar-refractivity contribution in [1.29, 1.82) is 0 Å². The third-order valence-electron chi connectivity index (χ3n) is 5.70. The van der Waals surface area contributed by atoms with Gasteiger partial charge >= 0.3 is 12.1 Å². The topological polar surface area (TPSA) is 116 Å². The van der Waals surface area contributed by atoms with Crippen LogP contribution in [0.5, 0.6) is 0 Å². The zero-order chi connectivity index (χ0) is 24.8. The molecule has 0 aromatic heterocycles. The molecule has 0 saturated carbocycles. The average molecular weight is 468 g/mol. The number of benzene rings is 2. The number of carboxylic acids is 1. The van der Waals surface area contributed by atoms with E-state index in [4.69, 9.17) is 4.74 Å². The van der Waals surface area contributed by atoms with Gasteiger partial charge in [0.05, 0.1) is 19.6 Å². The second-order valence-electron chi connectivity index (χ2n) is 8.33. The van der Waals surface area contributed by atoms with Gasteiger partial charge < -0.3 is 20.1 Å². The Hall–Kier alpha value is -3.88. The Morgan fingerprint density at radius 3 is 2.29 bits per heavy atom. The van der Waals surface area contributed by atoms with Gasteiger partial charge in [0, 0.05) is 18.7 Å². The fourth-order valence-corrected chi connectivity index (χ4v) is 4.13. The molecular formula is C25H29N3O6. The number of hydrogen-bond acceptors (Lipinski definition) is 5. The van der Waals surface area contributed by atoms with Gasteiger partial charge in [0.15, 0.2) is 6.17 Å². The highest BCUT2D eigenvalue weighted by Crippen LogP contribution is 2.23. The summed E-state index contributed by atoms with van der Waals surface area (Å²) in [5, 5.41) is 12.2. The van der Waals surface area contributed by atoms with Gasteiger partial charge in [-0.3, -0.25) is 19.3 Å². The van der Waals surface area contributed by atoms with Crippen LogP contribution in [0, 0.1) is 13.8 Å². The molecule has 2 unspecified atom stereocenters. The Morgan fingerprint density at radius 1 is 1.03 bits per heavy atom. The highest BCUT2D eigenvalue weighted by atomic mass is 16.5. The molecule has 2 N–H and O–H groups in total. The second kappa shape index (κ2) is 10.8. The number of amides is 3. The largest absolute Gasteiger partial charge is 0.481 e. The van der Waals surface area contributed by atoms with Gasteiger partial charge in [0.1, 0.15) is 0 Å². The third-order valence-corrected chi connectivity index (χ3v) is 5.70. The van der Waals surface area contributed by atoms with E-state index >= 15 is 0 Å². The summed E-state index contributed by atoms with van der Waals surface area (Å²) in [6, 6.07) is 13.3. The number of hydrogen-bond donors (Lipinski definition) is 2. The first-order valence-corrected chi connectivity index (χ1v) is 11.0. The summed E-state index contributed by atoms with van der Waals surface area (Å²) < 4.78 is 4.87. The Morgan fingerprint density at radius 2 is 1.68 bits per heavy atom. The van der Waals surface area contributed by atoms with Gasteiger partial charge in [-0.05, 0) is 38.0 Å². The molecule has 180 valence electrons. The van der Waals surface area contributed by atoms with Crippen LogP contribution in [-0.2, 0) is 14.3 Å². The van der Waals surface area contributed by atoms with E-state index in [-0.39, 0.29) is 19.5 Å². The van der Waals surface area contributed by atoms with E-state index in [2.05, 4.69) is 5.32 Å². The van der Waals surface area contributed by atoms with Crippen molar-refractivity contribution in [3.05, 3.63) is 70.8 Å². The first-order chi connectivity index (χ1) is 16.2. The molecule has 1 saturated heterocycles. The van der Waals surface area contributed by atoms with Gasteiger partial charge in [0.25, 0.3) is 11.8 Å². The molecule has 1 fully saturated rings. The SMILES string of the molecule is COC(=O)N1CCCN(C(=O)c2cccc(C)c2)C1C(=O)NC(CC(=O)O)c1cccc(C)c1. The lowest BCUT2D eigenvalue weighted by Crippen LogP contribution is -2.63. The standard InChI is InChI=1S/C25H29N3O6/c1-16-7-4-9-18(13-16)20(15-21(29)30)26-22(31)23-27(11-6-12-28(23)25(33)34-3)24(32)19-10-5-8-17(2)14-19/h4-5,7-10,13-14,20,23H,6,11-12,15H2,1-3H3,(H,26,31)(H,29,30). The number of aryl methyl sites for hydroxylation is 2. The van der Waals surface area contributed by atoms with E-state index in [0.717, 1.165) is 11.1 Å². The number of nitrogens with one attached hydrogen (secondary N) is 1. The van der Waals surface area contributed by atoms with Crippen LogP contribution in [0.3, 0.4) is 0 Å². The molecule has 1 aliphatic rings. The van der Waals surface area contributed by atoms with Crippen LogP contribution in [-0.4, -0.2) is 65.1 Å². The van der Waals surface area contributed by atoms with E-state index in [1.807, 2.05) is 26.0 Å². The lowest BCUT2D eigenvalue weighted by molar-refractivity contribution is -0.138. The molecule has 0 aliphatic carbocycles. The summed E-state index contributed by atoms with van der Waals surface area (Å²) >= 11 is 0. The minimum atomic E-state index is -1.28. The minimum absolute atomic E-state index is 0.219. The molecule has 2 aromatic carbocycles. The van der Waals surface area contributed by atoms with Crippen LogP contribution in [0.1, 0.15) is 45.9 Å². The predicted octanol–water partition coefficient (Wildman–Crippen LogP) is 2.88.